The van der Waals surface area contributed by atoms with Gasteiger partial charge in [0, 0.05) is 24.3 Å². The molecule has 0 spiro atoms. The highest BCUT2D eigenvalue weighted by molar-refractivity contribution is 9.15. The second-order valence-corrected chi connectivity index (χ2v) is 11.3. The van der Waals surface area contributed by atoms with E-state index in [1.165, 1.54) is 6.92 Å². The Labute approximate surface area is 230 Å². The van der Waals surface area contributed by atoms with Crippen LogP contribution in [0.1, 0.15) is 44.4 Å². The molecule has 0 heterocycles. The maximum absolute atomic E-state index is 13.1. The van der Waals surface area contributed by atoms with Gasteiger partial charge in [0.25, 0.3) is 15.4 Å². The fourth-order valence-corrected chi connectivity index (χ4v) is 5.76. The zero-order valence-electron chi connectivity index (χ0n) is 16.4. The van der Waals surface area contributed by atoms with Crippen molar-refractivity contribution in [1.82, 2.24) is 0 Å². The Morgan fingerprint density at radius 1 is 1.00 bits per heavy atom. The third kappa shape index (κ3) is 6.19. The number of carbonyl (C=O) groups excluding carboxylic acids is 3. The second kappa shape index (κ2) is 10.9. The lowest BCUT2D eigenvalue weighted by Crippen LogP contribution is -2.29. The molecule has 0 saturated heterocycles. The Hall–Kier alpha value is -1.07. The molecule has 0 aromatic heterocycles. The molecule has 0 fully saturated rings. The molecule has 2 aromatic rings. The number of rotatable bonds is 7. The summed E-state index contributed by atoms with van der Waals surface area (Å²) >= 11 is 18.3. The number of alkyl halides is 1. The van der Waals surface area contributed by atoms with E-state index in [4.69, 9.17) is 21.1 Å². The van der Waals surface area contributed by atoms with Crippen molar-refractivity contribution in [2.45, 2.75) is 23.5 Å². The van der Waals surface area contributed by atoms with Gasteiger partial charge in [0.05, 0.1) is 16.7 Å². The van der Waals surface area contributed by atoms with Crippen LogP contribution < -0.4 is 4.74 Å². The van der Waals surface area contributed by atoms with Gasteiger partial charge in [-0.25, -0.2) is 19.5 Å². The van der Waals surface area contributed by atoms with Gasteiger partial charge in [-0.05, 0) is 87.5 Å². The first-order chi connectivity index (χ1) is 15.5. The summed E-state index contributed by atoms with van der Waals surface area (Å²) in [6.07, 6.45) is -0.218. The van der Waals surface area contributed by atoms with Gasteiger partial charge in [-0.15, -0.1) is 0 Å². The Morgan fingerprint density at radius 2 is 1.50 bits per heavy atom. The van der Waals surface area contributed by atoms with E-state index in [1.54, 1.807) is 0 Å². The maximum Gasteiger partial charge on any atom is 0.387 e. The van der Waals surface area contributed by atoms with Crippen LogP contribution in [0.25, 0.3) is 0 Å². The molecule has 0 aliphatic carbocycles. The molecule has 16 heteroatoms. The molecule has 0 amide bonds. The van der Waals surface area contributed by atoms with Crippen LogP contribution in [0, 0.1) is 0 Å². The van der Waals surface area contributed by atoms with Crippen molar-refractivity contribution in [3.63, 3.8) is 0 Å². The lowest BCUT2D eigenvalue weighted by molar-refractivity contribution is -0.101. The van der Waals surface area contributed by atoms with Crippen molar-refractivity contribution in [3.05, 3.63) is 52.8 Å². The van der Waals surface area contributed by atoms with Gasteiger partial charge in [-0.2, -0.15) is 8.42 Å². The Morgan fingerprint density at radius 3 is 1.94 bits per heavy atom. The fourth-order valence-electron chi connectivity index (χ4n) is 2.45. The smallest absolute Gasteiger partial charge is 0.387 e. The van der Waals surface area contributed by atoms with Crippen LogP contribution in [0.2, 0.25) is 0 Å². The molecule has 2 N–H and O–H groups in total. The first-order valence-electron chi connectivity index (χ1n) is 8.58. The van der Waals surface area contributed by atoms with Crippen LogP contribution >= 0.6 is 75.3 Å². The van der Waals surface area contributed by atoms with E-state index >= 15 is 0 Å². The number of aliphatic hydroxyl groups is 1. The van der Waals surface area contributed by atoms with Gasteiger partial charge in [0.2, 0.25) is 0 Å². The highest BCUT2D eigenvalue weighted by Crippen LogP contribution is 2.43. The number of ether oxygens (including phenoxy) is 2. The summed E-state index contributed by atoms with van der Waals surface area (Å²) in [5, 5.41) is 18.8. The average molecular weight is 773 g/mol. The van der Waals surface area contributed by atoms with Gasteiger partial charge < -0.3 is 14.6 Å². The summed E-state index contributed by atoms with van der Waals surface area (Å²) in [4.78, 5) is 36.0. The SMILES string of the molecule is CCC(O)(Cl)OC(=O)c1c(Br)c(Br)c(Br)c(Br)c1C(=O)Oc1cccc(C([O])=O)c1S(=O)(=O)O. The zero-order chi connectivity index (χ0) is 26.2. The van der Waals surface area contributed by atoms with Gasteiger partial charge in [0.15, 0.2) is 10.6 Å². The minimum absolute atomic E-state index is 0.0402. The molecule has 2 rings (SSSR count). The summed E-state index contributed by atoms with van der Waals surface area (Å²) in [6, 6.07) is 2.75. The number of carbonyl (C=O) groups is 3. The Bertz CT molecular complexity index is 1310. The van der Waals surface area contributed by atoms with Crippen LogP contribution in [-0.2, 0) is 20.0 Å². The molecule has 10 nitrogen and oxygen atoms in total. The molecular formula is C18H10Br4ClO10S. The normalized spacial score (nSPS) is 13.2. The molecule has 2 aromatic carbocycles. The fraction of sp³-hybridized carbons (Fsp3) is 0.167. The van der Waals surface area contributed by atoms with Crippen LogP contribution in [-0.4, -0.2) is 41.2 Å². The number of halogens is 5. The zero-order valence-corrected chi connectivity index (χ0v) is 24.3. The number of benzene rings is 2. The van der Waals surface area contributed by atoms with E-state index in [1.807, 2.05) is 0 Å². The van der Waals surface area contributed by atoms with E-state index in [0.29, 0.717) is 0 Å². The highest BCUT2D eigenvalue weighted by atomic mass is 79.9. The lowest BCUT2D eigenvalue weighted by atomic mass is 10.1. The van der Waals surface area contributed by atoms with Crippen molar-refractivity contribution >= 4 is 103 Å². The number of esters is 2. The molecular weight excluding hydrogens is 763 g/mol. The molecule has 0 bridgehead atoms. The standard InChI is InChI=1S/C18H10Br4ClO10S/c1-2-18(23,28)33-17(27)9-8(10(19)12(21)13(22)11(9)20)16(26)32-7-5-3-4-6(15(24)25)14(7)34(29,30)31/h3-5,28H,2H2,1H3,(H,29,30,31). The number of hydrogen-bond acceptors (Lipinski definition) is 8. The molecule has 34 heavy (non-hydrogen) atoms. The van der Waals surface area contributed by atoms with E-state index < -0.39 is 60.6 Å². The third-order valence-electron chi connectivity index (χ3n) is 4.02. The van der Waals surface area contributed by atoms with Crippen LogP contribution in [0.3, 0.4) is 0 Å². The molecule has 1 radical (unpaired) electrons. The minimum Gasteiger partial charge on any atom is -0.421 e. The lowest BCUT2D eigenvalue weighted by Gasteiger charge is -2.21. The van der Waals surface area contributed by atoms with Crippen molar-refractivity contribution in [2.75, 3.05) is 0 Å². The van der Waals surface area contributed by atoms with Gasteiger partial charge >= 0.3 is 17.9 Å². The summed E-state index contributed by atoms with van der Waals surface area (Å²) in [7, 11) is -5.20. The average Bonchev–Trinajstić information content (AvgIpc) is 2.72. The predicted molar refractivity (Wildman–Crippen MR) is 130 cm³/mol. The Kier molecular flexibility index (Phi) is 9.35. The van der Waals surface area contributed by atoms with E-state index in [0.717, 1.165) is 18.2 Å². The monoisotopic (exact) mass is 769 g/mol. The predicted octanol–water partition coefficient (Wildman–Crippen LogP) is 5.22. The van der Waals surface area contributed by atoms with Crippen molar-refractivity contribution in [2.24, 2.45) is 0 Å². The van der Waals surface area contributed by atoms with Crippen molar-refractivity contribution in [3.8, 4) is 5.75 Å². The summed E-state index contributed by atoms with van der Waals surface area (Å²) in [5.74, 6) is -5.47. The third-order valence-corrected chi connectivity index (χ3v) is 10.1. The largest absolute Gasteiger partial charge is 0.421 e. The Balaban J connectivity index is 2.75. The van der Waals surface area contributed by atoms with Gasteiger partial charge in [0.1, 0.15) is 0 Å². The molecule has 0 aliphatic heterocycles. The summed E-state index contributed by atoms with van der Waals surface area (Å²) < 4.78 is 43.4. The van der Waals surface area contributed by atoms with Gasteiger partial charge in [-0.1, -0.05) is 13.0 Å². The van der Waals surface area contributed by atoms with Crippen LogP contribution in [0.4, 0.5) is 0 Å². The molecule has 0 saturated carbocycles. The van der Waals surface area contributed by atoms with E-state index in [9.17, 15) is 37.6 Å². The maximum atomic E-state index is 13.1. The highest BCUT2D eigenvalue weighted by Gasteiger charge is 2.35. The van der Waals surface area contributed by atoms with Crippen molar-refractivity contribution in [1.29, 1.82) is 0 Å². The van der Waals surface area contributed by atoms with E-state index in [-0.39, 0.29) is 24.3 Å². The quantitative estimate of drug-likeness (QED) is 0.0730. The molecule has 183 valence electrons. The summed E-state index contributed by atoms with van der Waals surface area (Å²) in [5.41, 5.74) is -2.00. The number of hydrogen-bond donors (Lipinski definition) is 2. The van der Waals surface area contributed by atoms with Crippen LogP contribution in [0.15, 0.2) is 41.0 Å². The topological polar surface area (TPSA) is 164 Å². The molecule has 1 unspecified atom stereocenters. The molecule has 0 aliphatic rings. The van der Waals surface area contributed by atoms with Crippen LogP contribution in [0.5, 0.6) is 5.75 Å². The van der Waals surface area contributed by atoms with E-state index in [2.05, 4.69) is 63.7 Å². The molecule has 1 atom stereocenters. The summed E-state index contributed by atoms with van der Waals surface area (Å²) in [6.45, 7) is 1.42. The van der Waals surface area contributed by atoms with Crippen molar-refractivity contribution < 1.29 is 47.0 Å². The first-order valence-corrected chi connectivity index (χ1v) is 13.6. The second-order valence-electron chi connectivity index (χ2n) is 6.22. The first kappa shape index (κ1) is 29.2. The minimum atomic E-state index is -5.20. The van der Waals surface area contributed by atoms with Gasteiger partial charge in [-0.3, -0.25) is 4.55 Å².